The van der Waals surface area contributed by atoms with Crippen molar-refractivity contribution in [1.82, 2.24) is 15.3 Å². The molecule has 6 nitrogen and oxygen atoms in total. The van der Waals surface area contributed by atoms with Crippen LogP contribution in [0, 0.1) is 0 Å². The molecule has 0 unspecified atom stereocenters. The van der Waals surface area contributed by atoms with Crippen molar-refractivity contribution >= 4 is 47.2 Å². The molecule has 0 aromatic carbocycles. The average Bonchev–Trinajstić information content (AvgIpc) is 2.93. The maximum absolute atomic E-state index is 11.7. The fourth-order valence-corrected chi connectivity index (χ4v) is 2.22. The van der Waals surface area contributed by atoms with Gasteiger partial charge >= 0.3 is 0 Å². The minimum Gasteiger partial charge on any atom is -0.383 e. The van der Waals surface area contributed by atoms with E-state index in [-0.39, 0.29) is 37.3 Å². The molecule has 0 saturated heterocycles. The van der Waals surface area contributed by atoms with Gasteiger partial charge in [-0.15, -0.1) is 36.2 Å². The number of thiazole rings is 1. The largest absolute Gasteiger partial charge is 0.383 e. The van der Waals surface area contributed by atoms with Gasteiger partial charge in [0.15, 0.2) is 5.13 Å². The molecule has 2 aromatic rings. The zero-order valence-corrected chi connectivity index (χ0v) is 14.4. The zero-order chi connectivity index (χ0) is 14.2. The summed E-state index contributed by atoms with van der Waals surface area (Å²) in [7, 11) is 1.62. The topological polar surface area (TPSA) is 76.1 Å². The highest BCUT2D eigenvalue weighted by Gasteiger charge is 2.08. The third kappa shape index (κ3) is 6.67. The van der Waals surface area contributed by atoms with E-state index in [9.17, 15) is 4.79 Å². The van der Waals surface area contributed by atoms with E-state index in [1.807, 2.05) is 23.6 Å². The number of carbonyl (C=O) groups excluding carboxylic acids is 1. The third-order valence-electron chi connectivity index (χ3n) is 2.45. The Bertz CT molecular complexity index is 554. The number of ether oxygens (including phenoxy) is 1. The number of hydrogen-bond donors (Lipinski definition) is 2. The van der Waals surface area contributed by atoms with Crippen molar-refractivity contribution in [2.45, 2.75) is 0 Å². The molecule has 0 radical (unpaired) electrons. The number of hydrogen-bond acceptors (Lipinski definition) is 6. The summed E-state index contributed by atoms with van der Waals surface area (Å²) >= 11 is 1.38. The van der Waals surface area contributed by atoms with Crippen LogP contribution in [0.3, 0.4) is 0 Å². The molecule has 122 valence electrons. The van der Waals surface area contributed by atoms with Gasteiger partial charge in [-0.2, -0.15) is 0 Å². The lowest BCUT2D eigenvalue weighted by Gasteiger charge is -2.03. The first kappa shape index (κ1) is 20.8. The van der Waals surface area contributed by atoms with Gasteiger partial charge in [-0.05, 0) is 12.1 Å². The minimum atomic E-state index is -0.122. The van der Waals surface area contributed by atoms with Crippen molar-refractivity contribution in [1.29, 1.82) is 0 Å². The predicted octanol–water partition coefficient (Wildman–Crippen LogP) is 2.22. The molecule has 0 fully saturated rings. The van der Waals surface area contributed by atoms with Crippen molar-refractivity contribution in [3.05, 3.63) is 29.8 Å². The SMILES string of the molecule is COCCNCC(=O)Nc1nc(-c2ccccn2)cs1.Cl.Cl. The Morgan fingerprint density at radius 1 is 1.32 bits per heavy atom. The van der Waals surface area contributed by atoms with Crippen molar-refractivity contribution in [2.24, 2.45) is 0 Å². The highest BCUT2D eigenvalue weighted by atomic mass is 35.5. The number of halogens is 2. The molecule has 0 aliphatic heterocycles. The van der Waals surface area contributed by atoms with E-state index in [0.29, 0.717) is 18.3 Å². The summed E-state index contributed by atoms with van der Waals surface area (Å²) in [5, 5.41) is 8.16. The van der Waals surface area contributed by atoms with Gasteiger partial charge in [-0.3, -0.25) is 9.78 Å². The Labute approximate surface area is 145 Å². The van der Waals surface area contributed by atoms with E-state index >= 15 is 0 Å². The number of nitrogens with zero attached hydrogens (tertiary/aromatic N) is 2. The molecule has 22 heavy (non-hydrogen) atoms. The Morgan fingerprint density at radius 3 is 2.82 bits per heavy atom. The summed E-state index contributed by atoms with van der Waals surface area (Å²) in [5.41, 5.74) is 1.56. The van der Waals surface area contributed by atoms with Crippen LogP contribution < -0.4 is 10.6 Å². The first-order chi connectivity index (χ1) is 9.79. The molecule has 0 bridgehead atoms. The summed E-state index contributed by atoms with van der Waals surface area (Å²) in [6.07, 6.45) is 1.71. The second-order valence-corrected chi connectivity index (χ2v) is 4.83. The smallest absolute Gasteiger partial charge is 0.240 e. The molecule has 0 spiro atoms. The van der Waals surface area contributed by atoms with E-state index in [1.165, 1.54) is 11.3 Å². The Hall–Kier alpha value is -1.25. The maximum atomic E-state index is 11.7. The van der Waals surface area contributed by atoms with Gasteiger partial charge < -0.3 is 15.4 Å². The van der Waals surface area contributed by atoms with Crippen molar-refractivity contribution < 1.29 is 9.53 Å². The second kappa shape index (κ2) is 11.3. The summed E-state index contributed by atoms with van der Waals surface area (Å²) in [4.78, 5) is 20.2. The third-order valence-corrected chi connectivity index (χ3v) is 3.20. The van der Waals surface area contributed by atoms with Crippen LogP contribution >= 0.6 is 36.2 Å². The molecule has 0 atom stereocenters. The van der Waals surface area contributed by atoms with Gasteiger partial charge in [0.2, 0.25) is 5.91 Å². The van der Waals surface area contributed by atoms with Gasteiger partial charge in [0.1, 0.15) is 5.69 Å². The monoisotopic (exact) mass is 364 g/mol. The first-order valence-corrected chi connectivity index (χ1v) is 7.04. The lowest BCUT2D eigenvalue weighted by atomic mass is 10.3. The van der Waals surface area contributed by atoms with Crippen LogP contribution in [0.4, 0.5) is 5.13 Å². The average molecular weight is 365 g/mol. The van der Waals surface area contributed by atoms with Crippen LogP contribution in [0.2, 0.25) is 0 Å². The van der Waals surface area contributed by atoms with Crippen molar-refractivity contribution in [2.75, 3.05) is 32.1 Å². The molecule has 2 N–H and O–H groups in total. The fraction of sp³-hybridized carbons (Fsp3) is 0.308. The fourth-order valence-electron chi connectivity index (χ4n) is 1.50. The number of carbonyl (C=O) groups is 1. The predicted molar refractivity (Wildman–Crippen MR) is 93.2 cm³/mol. The number of rotatable bonds is 7. The van der Waals surface area contributed by atoms with Gasteiger partial charge in [-0.1, -0.05) is 6.07 Å². The molecule has 0 saturated carbocycles. The van der Waals surface area contributed by atoms with Crippen LogP contribution in [-0.4, -0.2) is 42.7 Å². The Morgan fingerprint density at radius 2 is 2.14 bits per heavy atom. The highest BCUT2D eigenvalue weighted by Crippen LogP contribution is 2.22. The summed E-state index contributed by atoms with van der Waals surface area (Å²) < 4.78 is 4.88. The number of methoxy groups -OCH3 is 1. The standard InChI is InChI=1S/C13H16N4O2S.2ClH/c1-19-7-6-14-8-12(18)17-13-16-11(9-20-13)10-4-2-3-5-15-10;;/h2-5,9,14H,6-8H2,1H3,(H,16,17,18);2*1H. The molecule has 0 aliphatic carbocycles. The molecular weight excluding hydrogens is 347 g/mol. The molecule has 2 heterocycles. The lowest BCUT2D eigenvalue weighted by molar-refractivity contribution is -0.115. The zero-order valence-electron chi connectivity index (χ0n) is 11.9. The Kier molecular flexibility index (Phi) is 10.7. The van der Waals surface area contributed by atoms with E-state index in [2.05, 4.69) is 20.6 Å². The van der Waals surface area contributed by atoms with Gasteiger partial charge in [0, 0.05) is 25.2 Å². The van der Waals surface area contributed by atoms with Gasteiger partial charge in [0.05, 0.1) is 18.8 Å². The molecule has 1 amide bonds. The number of aromatic nitrogens is 2. The highest BCUT2D eigenvalue weighted by molar-refractivity contribution is 7.14. The summed E-state index contributed by atoms with van der Waals surface area (Å²) in [6.45, 7) is 1.46. The molecular formula is C13H18Cl2N4O2S. The Balaban J connectivity index is 0.00000220. The summed E-state index contributed by atoms with van der Waals surface area (Å²) in [6, 6.07) is 5.64. The molecule has 2 rings (SSSR count). The van der Waals surface area contributed by atoms with E-state index in [4.69, 9.17) is 4.74 Å². The normalized spacial score (nSPS) is 9.50. The van der Waals surface area contributed by atoms with Crippen molar-refractivity contribution in [3.63, 3.8) is 0 Å². The number of nitrogens with one attached hydrogen (secondary N) is 2. The molecule has 9 heteroatoms. The number of anilines is 1. The van der Waals surface area contributed by atoms with Crippen molar-refractivity contribution in [3.8, 4) is 11.4 Å². The van der Waals surface area contributed by atoms with Gasteiger partial charge in [-0.25, -0.2) is 4.98 Å². The number of amides is 1. The number of pyridine rings is 1. The van der Waals surface area contributed by atoms with E-state index in [0.717, 1.165) is 11.4 Å². The van der Waals surface area contributed by atoms with Crippen LogP contribution in [0.5, 0.6) is 0 Å². The summed E-state index contributed by atoms with van der Waals surface area (Å²) in [5.74, 6) is -0.122. The van der Waals surface area contributed by atoms with Crippen LogP contribution in [-0.2, 0) is 9.53 Å². The van der Waals surface area contributed by atoms with E-state index in [1.54, 1.807) is 13.3 Å². The second-order valence-electron chi connectivity index (χ2n) is 3.97. The van der Waals surface area contributed by atoms with Crippen LogP contribution in [0.15, 0.2) is 29.8 Å². The van der Waals surface area contributed by atoms with E-state index < -0.39 is 0 Å². The van der Waals surface area contributed by atoms with Gasteiger partial charge in [0.25, 0.3) is 0 Å². The maximum Gasteiger partial charge on any atom is 0.240 e. The van der Waals surface area contributed by atoms with Crippen LogP contribution in [0.1, 0.15) is 0 Å². The molecule has 2 aromatic heterocycles. The quantitative estimate of drug-likeness (QED) is 0.736. The minimum absolute atomic E-state index is 0. The van der Waals surface area contributed by atoms with Crippen LogP contribution in [0.25, 0.3) is 11.4 Å². The molecule has 0 aliphatic rings. The lowest BCUT2D eigenvalue weighted by Crippen LogP contribution is -2.30. The first-order valence-electron chi connectivity index (χ1n) is 6.16.